The van der Waals surface area contributed by atoms with Gasteiger partial charge in [0, 0.05) is 63.0 Å². The van der Waals surface area contributed by atoms with Crippen LogP contribution in [0.25, 0.3) is 0 Å². The third kappa shape index (κ3) is 7.46. The number of ether oxygens (including phenoxy) is 1. The highest BCUT2D eigenvalue weighted by molar-refractivity contribution is 6.33. The summed E-state index contributed by atoms with van der Waals surface area (Å²) in [6, 6.07) is 7.47. The van der Waals surface area contributed by atoms with Gasteiger partial charge in [0.25, 0.3) is 5.91 Å². The highest BCUT2D eigenvalue weighted by Gasteiger charge is 2.35. The van der Waals surface area contributed by atoms with E-state index in [1.807, 2.05) is 17.0 Å². The Morgan fingerprint density at radius 3 is 2.77 bits per heavy atom. The second kappa shape index (κ2) is 13.3. The van der Waals surface area contributed by atoms with E-state index in [0.717, 1.165) is 62.9 Å². The molecule has 1 saturated carbocycles. The van der Waals surface area contributed by atoms with Crippen LogP contribution in [-0.2, 0) is 24.4 Å². The zero-order valence-corrected chi connectivity index (χ0v) is 24.8. The Hall–Kier alpha value is -3.67. The molecule has 6 rings (SSSR count). The molecule has 2 aromatic heterocycles. The van der Waals surface area contributed by atoms with Crippen molar-refractivity contribution in [2.45, 2.75) is 57.4 Å². The molecule has 2 amide bonds. The summed E-state index contributed by atoms with van der Waals surface area (Å²) in [5.41, 5.74) is 2.63. The quantitative estimate of drug-likeness (QED) is 0.300. The number of aromatic nitrogens is 2. The molecule has 11 nitrogen and oxygen atoms in total. The molecule has 1 aliphatic carbocycles. The zero-order valence-electron chi connectivity index (χ0n) is 24.0. The first kappa shape index (κ1) is 29.4. The maximum Gasteiger partial charge on any atom is 0.251 e. The zero-order chi connectivity index (χ0) is 29.8. The van der Waals surface area contributed by atoms with E-state index in [0.29, 0.717) is 46.9 Å². The van der Waals surface area contributed by atoms with Gasteiger partial charge in [0.1, 0.15) is 18.2 Å². The average Bonchev–Trinajstić information content (AvgIpc) is 3.74. The molecule has 12 heteroatoms. The number of benzene rings is 1. The van der Waals surface area contributed by atoms with E-state index in [-0.39, 0.29) is 31.0 Å². The van der Waals surface area contributed by atoms with E-state index < -0.39 is 6.10 Å². The van der Waals surface area contributed by atoms with Crippen molar-refractivity contribution in [1.29, 1.82) is 0 Å². The molecule has 0 bridgehead atoms. The normalized spacial score (nSPS) is 18.1. The van der Waals surface area contributed by atoms with Crippen molar-refractivity contribution < 1.29 is 23.8 Å². The summed E-state index contributed by atoms with van der Waals surface area (Å²) in [7, 11) is 0. The van der Waals surface area contributed by atoms with E-state index in [2.05, 4.69) is 25.5 Å². The van der Waals surface area contributed by atoms with Gasteiger partial charge in [-0.05, 0) is 61.4 Å². The van der Waals surface area contributed by atoms with Crippen LogP contribution in [0, 0.1) is 5.92 Å². The molecule has 1 aromatic carbocycles. The first-order chi connectivity index (χ1) is 20.9. The van der Waals surface area contributed by atoms with Crippen molar-refractivity contribution >= 4 is 29.2 Å². The lowest BCUT2D eigenvalue weighted by molar-refractivity contribution is -0.133. The minimum Gasteiger partial charge on any atom is -0.484 e. The van der Waals surface area contributed by atoms with Gasteiger partial charge in [-0.3, -0.25) is 14.5 Å². The van der Waals surface area contributed by atoms with E-state index in [1.165, 1.54) is 6.39 Å². The molecule has 2 fully saturated rings. The van der Waals surface area contributed by atoms with Gasteiger partial charge in [0.15, 0.2) is 12.2 Å². The number of rotatable bonds is 11. The molecule has 0 spiro atoms. The lowest BCUT2D eigenvalue weighted by Gasteiger charge is -2.32. The molecule has 3 N–H and O–H groups in total. The van der Waals surface area contributed by atoms with Crippen molar-refractivity contribution in [2.75, 3.05) is 38.0 Å². The highest BCUT2D eigenvalue weighted by atomic mass is 35.5. The molecule has 3 aliphatic rings. The number of carbonyl (C=O) groups excluding carboxylic acids is 2. The Morgan fingerprint density at radius 2 is 2.00 bits per heavy atom. The van der Waals surface area contributed by atoms with Crippen LogP contribution in [0.15, 0.2) is 47.5 Å². The monoisotopic (exact) mass is 608 g/mol. The van der Waals surface area contributed by atoms with Crippen LogP contribution >= 0.6 is 11.6 Å². The number of likely N-dealkylation sites (tertiary alicyclic amines) is 1. The van der Waals surface area contributed by atoms with Crippen LogP contribution in [0.1, 0.15) is 52.9 Å². The second-order valence-electron chi connectivity index (χ2n) is 11.6. The number of piperidine rings is 1. The summed E-state index contributed by atoms with van der Waals surface area (Å²) in [5, 5.41) is 17.6. The minimum atomic E-state index is -0.728. The third-order valence-corrected chi connectivity index (χ3v) is 8.72. The van der Waals surface area contributed by atoms with Crippen LogP contribution in [0.5, 0.6) is 5.75 Å². The third-order valence-electron chi connectivity index (χ3n) is 8.30. The first-order valence-corrected chi connectivity index (χ1v) is 15.3. The van der Waals surface area contributed by atoms with Crippen molar-refractivity contribution in [3.05, 3.63) is 70.5 Å². The minimum absolute atomic E-state index is 0.135. The van der Waals surface area contributed by atoms with Gasteiger partial charge in [-0.25, -0.2) is 9.97 Å². The number of aliphatic hydroxyl groups is 1. The number of β-amino-alcohol motifs (C(OH)–C–C–N with tert-alkyl or cyclic N) is 1. The lowest BCUT2D eigenvalue weighted by Crippen LogP contribution is -2.43. The molecule has 228 valence electrons. The Bertz CT molecular complexity index is 1420. The van der Waals surface area contributed by atoms with Gasteiger partial charge >= 0.3 is 0 Å². The molecule has 1 unspecified atom stereocenters. The van der Waals surface area contributed by atoms with Gasteiger partial charge < -0.3 is 29.8 Å². The van der Waals surface area contributed by atoms with Crippen LogP contribution in [0.2, 0.25) is 5.02 Å². The number of oxazole rings is 1. The number of nitrogens with one attached hydrogen (secondary N) is 2. The molecule has 0 radical (unpaired) electrons. The van der Waals surface area contributed by atoms with Crippen LogP contribution in [0.3, 0.4) is 0 Å². The van der Waals surface area contributed by atoms with Gasteiger partial charge in [-0.2, -0.15) is 0 Å². The summed E-state index contributed by atoms with van der Waals surface area (Å²) in [6.45, 7) is 3.69. The second-order valence-corrected chi connectivity index (χ2v) is 11.9. The van der Waals surface area contributed by atoms with Crippen molar-refractivity contribution in [3.8, 4) is 5.75 Å². The smallest absolute Gasteiger partial charge is 0.251 e. The summed E-state index contributed by atoms with van der Waals surface area (Å²) >= 11 is 6.65. The summed E-state index contributed by atoms with van der Waals surface area (Å²) in [6.07, 6.45) is 8.35. The van der Waals surface area contributed by atoms with E-state index in [1.54, 1.807) is 24.5 Å². The number of carbonyl (C=O) groups is 2. The van der Waals surface area contributed by atoms with E-state index in [4.69, 9.17) is 20.8 Å². The number of fused-ring (bicyclic) bond motifs is 1. The fourth-order valence-electron chi connectivity index (χ4n) is 5.75. The fourth-order valence-corrected chi connectivity index (χ4v) is 6.08. The first-order valence-electron chi connectivity index (χ1n) is 14.9. The largest absolute Gasteiger partial charge is 0.484 e. The fraction of sp³-hybridized carbons (Fsp3) is 0.484. The van der Waals surface area contributed by atoms with Crippen molar-refractivity contribution in [2.24, 2.45) is 5.92 Å². The van der Waals surface area contributed by atoms with Crippen molar-refractivity contribution in [1.82, 2.24) is 25.1 Å². The molecule has 4 heterocycles. The lowest BCUT2D eigenvalue weighted by atomic mass is 9.99. The molecule has 43 heavy (non-hydrogen) atoms. The topological polar surface area (TPSA) is 133 Å². The summed E-state index contributed by atoms with van der Waals surface area (Å²) < 4.78 is 11.0. The predicted molar refractivity (Wildman–Crippen MR) is 160 cm³/mol. The van der Waals surface area contributed by atoms with Gasteiger partial charge in [0.05, 0.1) is 17.3 Å². The van der Waals surface area contributed by atoms with E-state index in [9.17, 15) is 14.7 Å². The Balaban J connectivity index is 0.943. The maximum atomic E-state index is 12.9. The summed E-state index contributed by atoms with van der Waals surface area (Å²) in [4.78, 5) is 37.6. The van der Waals surface area contributed by atoms with E-state index >= 15 is 0 Å². The van der Waals surface area contributed by atoms with Crippen molar-refractivity contribution in [3.63, 3.8) is 0 Å². The van der Waals surface area contributed by atoms with Crippen LogP contribution in [0.4, 0.5) is 5.82 Å². The predicted octanol–water partition coefficient (Wildman–Crippen LogP) is 3.26. The number of pyridine rings is 1. The average molecular weight is 609 g/mol. The number of hydrogen-bond donors (Lipinski definition) is 3. The Morgan fingerprint density at radius 1 is 1.16 bits per heavy atom. The maximum absolute atomic E-state index is 12.9. The molecule has 3 aromatic rings. The number of amides is 2. The molecular formula is C31H37ClN6O5. The standard InChI is InChI=1S/C31H37ClN6O5/c32-29-26-8-10-37(16-22(26)3-4-27(29)42-18-25-15-33-19-43-25)17-24(39)14-35-30(40)21-5-9-34-28(13-21)36-23-6-11-38(12-7-23)31(41)20-1-2-20/h3-5,9,13,15,19-20,23-24,39H,1-2,6-8,10-12,14,16-18H2,(H,34,36)(H,35,40). The highest BCUT2D eigenvalue weighted by Crippen LogP contribution is 2.35. The number of hydrogen-bond acceptors (Lipinski definition) is 9. The number of halogens is 1. The molecule has 1 atom stereocenters. The Labute approximate surface area is 255 Å². The van der Waals surface area contributed by atoms with Crippen LogP contribution in [-0.4, -0.2) is 81.6 Å². The van der Waals surface area contributed by atoms with Gasteiger partial charge in [0.2, 0.25) is 5.91 Å². The van der Waals surface area contributed by atoms with Gasteiger partial charge in [-0.1, -0.05) is 17.7 Å². The molecule has 2 aliphatic heterocycles. The number of aliphatic hydroxyl groups excluding tert-OH is 1. The summed E-state index contributed by atoms with van der Waals surface area (Å²) in [5.74, 6) is 2.15. The molecular weight excluding hydrogens is 572 g/mol. The Kier molecular flexibility index (Phi) is 9.11. The SMILES string of the molecule is O=C(NCC(O)CN1CCc2c(ccc(OCc3cnco3)c2Cl)C1)c1ccnc(NC2CCN(C(=O)C3CC3)CC2)c1. The van der Waals surface area contributed by atoms with Gasteiger partial charge in [-0.15, -0.1) is 0 Å². The number of anilines is 1. The van der Waals surface area contributed by atoms with Crippen LogP contribution < -0.4 is 15.4 Å². The number of nitrogens with zero attached hydrogens (tertiary/aromatic N) is 4. The molecule has 1 saturated heterocycles.